The van der Waals surface area contributed by atoms with Gasteiger partial charge in [0.2, 0.25) is 10.0 Å². The highest BCUT2D eigenvalue weighted by Gasteiger charge is 2.21. The molecule has 2 N–H and O–H groups in total. The van der Waals surface area contributed by atoms with Gasteiger partial charge in [-0.15, -0.1) is 0 Å². The van der Waals surface area contributed by atoms with Crippen molar-refractivity contribution >= 4 is 21.6 Å². The highest BCUT2D eigenvalue weighted by atomic mass is 32.2. The number of rotatable bonds is 9. The second-order valence-corrected chi connectivity index (χ2v) is 8.36. The molecule has 3 aromatic carbocycles. The molecule has 0 aliphatic carbocycles. The molecule has 0 aliphatic heterocycles. The van der Waals surface area contributed by atoms with Gasteiger partial charge in [-0.3, -0.25) is 4.79 Å². The van der Waals surface area contributed by atoms with E-state index in [9.17, 15) is 13.2 Å². The van der Waals surface area contributed by atoms with Crippen LogP contribution >= 0.6 is 0 Å². The monoisotopic (exact) mass is 440 g/mol. The molecular formula is C23H24N2O5S. The van der Waals surface area contributed by atoms with E-state index in [-0.39, 0.29) is 22.8 Å². The number of nitrogens with one attached hydrogen (secondary N) is 2. The third kappa shape index (κ3) is 5.62. The average molecular weight is 441 g/mol. The summed E-state index contributed by atoms with van der Waals surface area (Å²) in [6.07, 6.45) is 0.639. The number of hydrogen-bond donors (Lipinski definition) is 2. The molecule has 0 radical (unpaired) electrons. The molecule has 1 amide bonds. The lowest BCUT2D eigenvalue weighted by Gasteiger charge is -2.14. The predicted molar refractivity (Wildman–Crippen MR) is 119 cm³/mol. The molecule has 0 unspecified atom stereocenters. The second-order valence-electron chi connectivity index (χ2n) is 6.63. The zero-order chi connectivity index (χ0) is 22.3. The zero-order valence-corrected chi connectivity index (χ0v) is 18.1. The Morgan fingerprint density at radius 1 is 0.935 bits per heavy atom. The van der Waals surface area contributed by atoms with E-state index in [1.807, 2.05) is 37.3 Å². The third-order valence-electron chi connectivity index (χ3n) is 4.36. The van der Waals surface area contributed by atoms with Crippen molar-refractivity contribution in [3.05, 3.63) is 78.4 Å². The molecule has 0 heterocycles. The Hall–Kier alpha value is -3.36. The fourth-order valence-corrected chi connectivity index (χ4v) is 4.14. The van der Waals surface area contributed by atoms with E-state index in [1.54, 1.807) is 24.3 Å². The summed E-state index contributed by atoms with van der Waals surface area (Å²) in [6, 6.07) is 20.5. The van der Waals surface area contributed by atoms with Crippen molar-refractivity contribution < 1.29 is 22.7 Å². The molecule has 0 spiro atoms. The lowest BCUT2D eigenvalue weighted by molar-refractivity contribution is 0.102. The van der Waals surface area contributed by atoms with Gasteiger partial charge in [0.1, 0.15) is 16.4 Å². The molecule has 3 rings (SSSR count). The van der Waals surface area contributed by atoms with E-state index in [0.29, 0.717) is 23.6 Å². The van der Waals surface area contributed by atoms with Gasteiger partial charge in [-0.05, 0) is 48.9 Å². The Kier molecular flexibility index (Phi) is 7.28. The number of carbonyl (C=O) groups is 1. The summed E-state index contributed by atoms with van der Waals surface area (Å²) in [7, 11) is -2.44. The Balaban J connectivity index is 1.87. The number of anilines is 1. The molecule has 0 saturated heterocycles. The van der Waals surface area contributed by atoms with Gasteiger partial charge in [-0.2, -0.15) is 0 Å². The Morgan fingerprint density at radius 3 is 2.35 bits per heavy atom. The van der Waals surface area contributed by atoms with E-state index in [2.05, 4.69) is 10.0 Å². The number of carbonyl (C=O) groups excluding carboxylic acids is 1. The number of hydrogen-bond acceptors (Lipinski definition) is 5. The van der Waals surface area contributed by atoms with Gasteiger partial charge in [0.15, 0.2) is 5.75 Å². The van der Waals surface area contributed by atoms with E-state index in [0.717, 1.165) is 0 Å². The molecule has 0 aliphatic rings. The number of para-hydroxylation sites is 3. The summed E-state index contributed by atoms with van der Waals surface area (Å²) in [5, 5.41) is 2.79. The predicted octanol–water partition coefficient (Wildman–Crippen LogP) is 4.43. The second kappa shape index (κ2) is 10.1. The van der Waals surface area contributed by atoms with Gasteiger partial charge in [-0.1, -0.05) is 37.3 Å². The van der Waals surface area contributed by atoms with Crippen molar-refractivity contribution in [2.75, 3.05) is 19.0 Å². The minimum absolute atomic E-state index is 0.0927. The maximum atomic E-state index is 12.9. The van der Waals surface area contributed by atoms with Crippen LogP contribution in [0.25, 0.3) is 0 Å². The Bertz CT molecular complexity index is 1150. The number of amides is 1. The first kappa shape index (κ1) is 22.3. The molecular weight excluding hydrogens is 416 g/mol. The van der Waals surface area contributed by atoms with Crippen LogP contribution in [0, 0.1) is 0 Å². The molecule has 0 atom stereocenters. The van der Waals surface area contributed by atoms with Gasteiger partial charge in [-0.25, -0.2) is 13.1 Å². The Labute approximate surface area is 182 Å². The number of benzene rings is 3. The first-order chi connectivity index (χ1) is 14.9. The van der Waals surface area contributed by atoms with Crippen LogP contribution < -0.4 is 19.5 Å². The third-order valence-corrected chi connectivity index (χ3v) is 5.85. The summed E-state index contributed by atoms with van der Waals surface area (Å²) in [5.41, 5.74) is 0.632. The quantitative estimate of drug-likeness (QED) is 0.513. The fraction of sp³-hybridized carbons (Fsp3) is 0.174. The number of ether oxygens (including phenoxy) is 2. The smallest absolute Gasteiger partial charge is 0.255 e. The van der Waals surface area contributed by atoms with Crippen molar-refractivity contribution in [2.24, 2.45) is 0 Å². The van der Waals surface area contributed by atoms with Crippen LogP contribution in [0.2, 0.25) is 0 Å². The summed E-state index contributed by atoms with van der Waals surface area (Å²) in [6.45, 7) is 2.14. The van der Waals surface area contributed by atoms with Crippen LogP contribution in [-0.4, -0.2) is 28.0 Å². The molecule has 162 valence electrons. The first-order valence-corrected chi connectivity index (χ1v) is 11.2. The molecule has 0 bridgehead atoms. The average Bonchev–Trinajstić information content (AvgIpc) is 2.79. The molecule has 31 heavy (non-hydrogen) atoms. The molecule has 3 aromatic rings. The topological polar surface area (TPSA) is 93.7 Å². The summed E-state index contributed by atoms with van der Waals surface area (Å²) in [5.74, 6) is 0.781. The van der Waals surface area contributed by atoms with Crippen LogP contribution in [0.3, 0.4) is 0 Å². The highest BCUT2D eigenvalue weighted by Crippen LogP contribution is 2.30. The summed E-state index contributed by atoms with van der Waals surface area (Å²) >= 11 is 0. The standard InChI is InChI=1S/C23H24N2O5S/c1-3-15-24-31(27,28)22-16-17(13-14-21(22)29-2)23(26)25-19-11-7-8-12-20(19)30-18-9-5-4-6-10-18/h4-14,16,24H,3,15H2,1-2H3,(H,25,26). The highest BCUT2D eigenvalue weighted by molar-refractivity contribution is 7.89. The van der Waals surface area contributed by atoms with E-state index < -0.39 is 15.9 Å². The van der Waals surface area contributed by atoms with Gasteiger partial charge in [0.25, 0.3) is 5.91 Å². The normalized spacial score (nSPS) is 11.0. The minimum Gasteiger partial charge on any atom is -0.495 e. The molecule has 0 aromatic heterocycles. The minimum atomic E-state index is -3.82. The van der Waals surface area contributed by atoms with E-state index in [4.69, 9.17) is 9.47 Å². The SMILES string of the molecule is CCCNS(=O)(=O)c1cc(C(=O)Nc2ccccc2Oc2ccccc2)ccc1OC. The zero-order valence-electron chi connectivity index (χ0n) is 17.3. The van der Waals surface area contributed by atoms with Crippen LogP contribution in [0.15, 0.2) is 77.7 Å². The van der Waals surface area contributed by atoms with Crippen LogP contribution in [0.5, 0.6) is 17.2 Å². The van der Waals surface area contributed by atoms with E-state index >= 15 is 0 Å². The van der Waals surface area contributed by atoms with Gasteiger partial charge >= 0.3 is 0 Å². The van der Waals surface area contributed by atoms with Crippen molar-refractivity contribution in [3.63, 3.8) is 0 Å². The maximum Gasteiger partial charge on any atom is 0.255 e. The van der Waals surface area contributed by atoms with Gasteiger partial charge in [0.05, 0.1) is 12.8 Å². The lowest BCUT2D eigenvalue weighted by Crippen LogP contribution is -2.25. The fourth-order valence-electron chi connectivity index (χ4n) is 2.81. The molecule has 8 heteroatoms. The van der Waals surface area contributed by atoms with Crippen molar-refractivity contribution in [1.82, 2.24) is 4.72 Å². The number of methoxy groups -OCH3 is 1. The lowest BCUT2D eigenvalue weighted by atomic mass is 10.2. The van der Waals surface area contributed by atoms with Crippen molar-refractivity contribution in [3.8, 4) is 17.2 Å². The number of sulfonamides is 1. The van der Waals surface area contributed by atoms with Crippen LogP contribution in [-0.2, 0) is 10.0 Å². The molecule has 0 fully saturated rings. The first-order valence-electron chi connectivity index (χ1n) is 9.75. The Morgan fingerprint density at radius 2 is 1.65 bits per heavy atom. The van der Waals surface area contributed by atoms with Crippen molar-refractivity contribution in [1.29, 1.82) is 0 Å². The van der Waals surface area contributed by atoms with Crippen molar-refractivity contribution in [2.45, 2.75) is 18.2 Å². The molecule has 0 saturated carbocycles. The van der Waals surface area contributed by atoms with Gasteiger partial charge < -0.3 is 14.8 Å². The van der Waals surface area contributed by atoms with Gasteiger partial charge in [0, 0.05) is 12.1 Å². The van der Waals surface area contributed by atoms with E-state index in [1.165, 1.54) is 25.3 Å². The largest absolute Gasteiger partial charge is 0.495 e. The van der Waals surface area contributed by atoms with Crippen LogP contribution in [0.4, 0.5) is 5.69 Å². The van der Waals surface area contributed by atoms with Crippen LogP contribution in [0.1, 0.15) is 23.7 Å². The molecule has 7 nitrogen and oxygen atoms in total. The maximum absolute atomic E-state index is 12.9. The summed E-state index contributed by atoms with van der Waals surface area (Å²) in [4.78, 5) is 12.8. The summed E-state index contributed by atoms with van der Waals surface area (Å²) < 4.78 is 38.8.